The summed E-state index contributed by atoms with van der Waals surface area (Å²) >= 11 is 0. The first-order chi connectivity index (χ1) is 12.4. The van der Waals surface area contributed by atoms with Crippen molar-refractivity contribution in [1.82, 2.24) is 10.2 Å². The van der Waals surface area contributed by atoms with E-state index in [4.69, 9.17) is 10.5 Å². The number of primary amides is 1. The summed E-state index contributed by atoms with van der Waals surface area (Å²) in [4.78, 5) is 37.7. The average molecular weight is 364 g/mol. The SMILES string of the molecule is CC(C(N)=O)(c1ccc(N2CCN(C=O)CC2)c(F)c1)C1CNC(=O)O1. The third-order valence-electron chi connectivity index (χ3n) is 5.19. The Kier molecular flexibility index (Phi) is 4.71. The maximum Gasteiger partial charge on any atom is 0.407 e. The van der Waals surface area contributed by atoms with Crippen LogP contribution in [0.2, 0.25) is 0 Å². The molecule has 140 valence electrons. The third kappa shape index (κ3) is 3.04. The molecule has 0 aromatic heterocycles. The Morgan fingerprint density at radius 3 is 2.58 bits per heavy atom. The van der Waals surface area contributed by atoms with Crippen molar-refractivity contribution in [2.24, 2.45) is 5.73 Å². The van der Waals surface area contributed by atoms with Gasteiger partial charge in [-0.25, -0.2) is 9.18 Å². The van der Waals surface area contributed by atoms with Gasteiger partial charge in [-0.15, -0.1) is 0 Å². The quantitative estimate of drug-likeness (QED) is 0.713. The van der Waals surface area contributed by atoms with Crippen LogP contribution in [0.1, 0.15) is 12.5 Å². The summed E-state index contributed by atoms with van der Waals surface area (Å²) in [6.45, 7) is 3.74. The zero-order valence-electron chi connectivity index (χ0n) is 14.4. The number of nitrogens with two attached hydrogens (primary N) is 1. The lowest BCUT2D eigenvalue weighted by molar-refractivity contribution is -0.126. The van der Waals surface area contributed by atoms with E-state index >= 15 is 0 Å². The highest BCUT2D eigenvalue weighted by Crippen LogP contribution is 2.34. The summed E-state index contributed by atoms with van der Waals surface area (Å²) < 4.78 is 19.9. The predicted molar refractivity (Wildman–Crippen MR) is 91.1 cm³/mol. The van der Waals surface area contributed by atoms with E-state index in [0.717, 1.165) is 6.41 Å². The molecule has 3 rings (SSSR count). The van der Waals surface area contributed by atoms with Gasteiger partial charge in [0.05, 0.1) is 12.2 Å². The highest BCUT2D eigenvalue weighted by Gasteiger charge is 2.47. The lowest BCUT2D eigenvalue weighted by atomic mass is 9.76. The number of benzene rings is 1. The number of anilines is 1. The normalized spacial score (nSPS) is 22.4. The Labute approximate surface area is 150 Å². The molecule has 2 fully saturated rings. The zero-order chi connectivity index (χ0) is 18.9. The minimum absolute atomic E-state index is 0.120. The van der Waals surface area contributed by atoms with E-state index in [1.165, 1.54) is 13.0 Å². The first-order valence-corrected chi connectivity index (χ1v) is 8.35. The number of piperazine rings is 1. The molecule has 3 N–H and O–H groups in total. The maximum absolute atomic E-state index is 14.8. The monoisotopic (exact) mass is 364 g/mol. The van der Waals surface area contributed by atoms with Crippen molar-refractivity contribution in [1.29, 1.82) is 0 Å². The third-order valence-corrected chi connectivity index (χ3v) is 5.19. The van der Waals surface area contributed by atoms with Gasteiger partial charge >= 0.3 is 6.09 Å². The molecule has 2 aliphatic rings. The Hall–Kier alpha value is -2.84. The van der Waals surface area contributed by atoms with Gasteiger partial charge in [0.1, 0.15) is 17.3 Å². The van der Waals surface area contributed by atoms with E-state index in [9.17, 15) is 18.8 Å². The fraction of sp³-hybridized carbons (Fsp3) is 0.471. The summed E-state index contributed by atoms with van der Waals surface area (Å²) in [5, 5.41) is 2.48. The molecule has 0 aliphatic carbocycles. The van der Waals surface area contributed by atoms with Gasteiger partial charge in [-0.05, 0) is 24.6 Å². The molecule has 2 atom stereocenters. The van der Waals surface area contributed by atoms with Crippen molar-refractivity contribution in [3.8, 4) is 0 Å². The van der Waals surface area contributed by atoms with Gasteiger partial charge in [-0.3, -0.25) is 9.59 Å². The number of nitrogens with one attached hydrogen (secondary N) is 1. The summed E-state index contributed by atoms with van der Waals surface area (Å²) in [5.41, 5.74) is 4.95. The molecule has 3 amide bonds. The van der Waals surface area contributed by atoms with Crippen LogP contribution in [0, 0.1) is 5.82 Å². The topological polar surface area (TPSA) is 105 Å². The fourth-order valence-electron chi connectivity index (χ4n) is 3.35. The molecule has 0 spiro atoms. The number of amides is 3. The molecule has 2 unspecified atom stereocenters. The van der Waals surface area contributed by atoms with Crippen molar-refractivity contribution in [2.75, 3.05) is 37.6 Å². The van der Waals surface area contributed by atoms with Gasteiger partial charge in [0, 0.05) is 26.2 Å². The molecule has 1 aromatic carbocycles. The van der Waals surface area contributed by atoms with Crippen LogP contribution in [0.15, 0.2) is 18.2 Å². The molecule has 0 saturated carbocycles. The van der Waals surface area contributed by atoms with Gasteiger partial charge < -0.3 is 25.6 Å². The number of carbonyl (C=O) groups excluding carboxylic acids is 3. The summed E-state index contributed by atoms with van der Waals surface area (Å²) in [7, 11) is 0. The second-order valence-electron chi connectivity index (χ2n) is 6.64. The molecule has 9 heteroatoms. The maximum atomic E-state index is 14.8. The molecular weight excluding hydrogens is 343 g/mol. The Bertz CT molecular complexity index is 735. The van der Waals surface area contributed by atoms with E-state index in [1.807, 2.05) is 4.90 Å². The number of halogens is 1. The number of alkyl carbamates (subject to hydrolysis) is 1. The molecule has 0 bridgehead atoms. The Morgan fingerprint density at radius 1 is 1.38 bits per heavy atom. The van der Waals surface area contributed by atoms with Crippen LogP contribution >= 0.6 is 0 Å². The standard InChI is InChI=1S/C17H21FN4O4/c1-17(15(19)24,14-9-20-16(25)26-14)11-2-3-13(12(18)8-11)22-6-4-21(10-23)5-7-22/h2-3,8,10,14H,4-7,9H2,1H3,(H2,19,24)(H,20,25). The number of hydrogen-bond acceptors (Lipinski definition) is 5. The molecule has 0 radical (unpaired) electrons. The number of nitrogens with zero attached hydrogens (tertiary/aromatic N) is 2. The van der Waals surface area contributed by atoms with E-state index in [1.54, 1.807) is 17.0 Å². The average Bonchev–Trinajstić information content (AvgIpc) is 3.07. The predicted octanol–water partition coefficient (Wildman–Crippen LogP) is -0.0445. The highest BCUT2D eigenvalue weighted by atomic mass is 19.1. The van der Waals surface area contributed by atoms with Gasteiger partial charge in [-0.2, -0.15) is 0 Å². The second kappa shape index (κ2) is 6.81. The second-order valence-corrected chi connectivity index (χ2v) is 6.64. The molecule has 26 heavy (non-hydrogen) atoms. The van der Waals surface area contributed by atoms with Crippen molar-refractivity contribution in [2.45, 2.75) is 18.4 Å². The molecule has 8 nitrogen and oxygen atoms in total. The highest BCUT2D eigenvalue weighted by molar-refractivity contribution is 5.88. The summed E-state index contributed by atoms with van der Waals surface area (Å²) in [5.74, 6) is -1.20. The molecule has 2 saturated heterocycles. The lowest BCUT2D eigenvalue weighted by Gasteiger charge is -2.35. The van der Waals surface area contributed by atoms with Crippen LogP contribution in [0.4, 0.5) is 14.9 Å². The largest absolute Gasteiger partial charge is 0.443 e. The van der Waals surface area contributed by atoms with E-state index < -0.39 is 29.3 Å². The van der Waals surface area contributed by atoms with Crippen molar-refractivity contribution < 1.29 is 23.5 Å². The number of carbonyl (C=O) groups is 3. The molecule has 2 aliphatic heterocycles. The first-order valence-electron chi connectivity index (χ1n) is 8.35. The Balaban J connectivity index is 1.87. The van der Waals surface area contributed by atoms with Gasteiger partial charge in [-0.1, -0.05) is 6.07 Å². The van der Waals surface area contributed by atoms with Gasteiger partial charge in [0.2, 0.25) is 12.3 Å². The van der Waals surface area contributed by atoms with Crippen LogP contribution in [0.25, 0.3) is 0 Å². The number of ether oxygens (including phenoxy) is 1. The van der Waals surface area contributed by atoms with Crippen LogP contribution in [-0.4, -0.2) is 62.1 Å². The Morgan fingerprint density at radius 2 is 2.08 bits per heavy atom. The van der Waals surface area contributed by atoms with Crippen molar-refractivity contribution in [3.05, 3.63) is 29.6 Å². The molecule has 2 heterocycles. The summed E-state index contributed by atoms with van der Waals surface area (Å²) in [6.07, 6.45) is -0.659. The lowest BCUT2D eigenvalue weighted by Crippen LogP contribution is -2.50. The van der Waals surface area contributed by atoms with Crippen LogP contribution in [-0.2, 0) is 19.7 Å². The fourth-order valence-corrected chi connectivity index (χ4v) is 3.35. The minimum atomic E-state index is -1.35. The smallest absolute Gasteiger partial charge is 0.407 e. The number of rotatable bonds is 5. The van der Waals surface area contributed by atoms with Crippen LogP contribution in [0.5, 0.6) is 0 Å². The van der Waals surface area contributed by atoms with E-state index in [2.05, 4.69) is 5.32 Å². The van der Waals surface area contributed by atoms with Crippen molar-refractivity contribution in [3.63, 3.8) is 0 Å². The van der Waals surface area contributed by atoms with Crippen molar-refractivity contribution >= 4 is 24.1 Å². The number of cyclic esters (lactones) is 1. The first kappa shape index (κ1) is 18.0. The molecule has 1 aromatic rings. The van der Waals surface area contributed by atoms with E-state index in [-0.39, 0.29) is 6.54 Å². The van der Waals surface area contributed by atoms with E-state index in [0.29, 0.717) is 37.4 Å². The molecular formula is C17H21FN4O4. The van der Waals surface area contributed by atoms with Gasteiger partial charge in [0.25, 0.3) is 0 Å². The van der Waals surface area contributed by atoms with Gasteiger partial charge in [0.15, 0.2) is 0 Å². The number of hydrogen-bond donors (Lipinski definition) is 2. The minimum Gasteiger partial charge on any atom is -0.443 e. The van der Waals surface area contributed by atoms with Crippen LogP contribution < -0.4 is 16.0 Å². The zero-order valence-corrected chi connectivity index (χ0v) is 14.4. The summed E-state index contributed by atoms with van der Waals surface area (Å²) in [6, 6.07) is 4.48. The van der Waals surface area contributed by atoms with Crippen LogP contribution in [0.3, 0.4) is 0 Å².